The van der Waals surface area contributed by atoms with E-state index in [1.165, 1.54) is 6.07 Å². The highest BCUT2D eigenvalue weighted by Crippen LogP contribution is 2.21. The van der Waals surface area contributed by atoms with Gasteiger partial charge >= 0.3 is 0 Å². The number of para-hydroxylation sites is 1. The number of hydrogen-bond donors (Lipinski definition) is 1. The molecule has 0 spiro atoms. The maximum atomic E-state index is 13.6. The van der Waals surface area contributed by atoms with E-state index in [0.717, 1.165) is 12.0 Å². The van der Waals surface area contributed by atoms with Gasteiger partial charge in [-0.1, -0.05) is 35.9 Å². The van der Waals surface area contributed by atoms with Crippen LogP contribution in [0.1, 0.15) is 18.0 Å². The summed E-state index contributed by atoms with van der Waals surface area (Å²) in [5.41, 5.74) is 7.78. The summed E-state index contributed by atoms with van der Waals surface area (Å²) in [6.07, 6.45) is 0.743. The molecule has 0 saturated heterocycles. The monoisotopic (exact) mass is 292 g/mol. The van der Waals surface area contributed by atoms with Crippen molar-refractivity contribution in [2.24, 2.45) is 5.73 Å². The van der Waals surface area contributed by atoms with Crippen LogP contribution in [0.4, 0.5) is 10.1 Å². The van der Waals surface area contributed by atoms with Crippen molar-refractivity contribution in [3.05, 3.63) is 64.9 Å². The Morgan fingerprint density at radius 2 is 1.80 bits per heavy atom. The van der Waals surface area contributed by atoms with Crippen molar-refractivity contribution < 1.29 is 4.39 Å². The third-order valence-corrected chi connectivity index (χ3v) is 3.59. The van der Waals surface area contributed by atoms with Crippen molar-refractivity contribution in [3.63, 3.8) is 0 Å². The van der Waals surface area contributed by atoms with Gasteiger partial charge in [0.25, 0.3) is 0 Å². The molecule has 0 aliphatic rings. The molecule has 1 unspecified atom stereocenters. The van der Waals surface area contributed by atoms with Crippen molar-refractivity contribution in [2.45, 2.75) is 12.5 Å². The van der Waals surface area contributed by atoms with Gasteiger partial charge in [-0.05, 0) is 36.2 Å². The van der Waals surface area contributed by atoms with Crippen molar-refractivity contribution in [1.82, 2.24) is 0 Å². The van der Waals surface area contributed by atoms with Gasteiger partial charge in [-0.25, -0.2) is 4.39 Å². The van der Waals surface area contributed by atoms with E-state index >= 15 is 0 Å². The molecular formula is C16H18ClFN2. The van der Waals surface area contributed by atoms with Crippen LogP contribution in [0.25, 0.3) is 0 Å². The molecule has 0 heterocycles. The van der Waals surface area contributed by atoms with Crippen LogP contribution in [0.5, 0.6) is 0 Å². The van der Waals surface area contributed by atoms with Gasteiger partial charge in [-0.2, -0.15) is 0 Å². The highest BCUT2D eigenvalue weighted by molar-refractivity contribution is 6.30. The summed E-state index contributed by atoms with van der Waals surface area (Å²) < 4.78 is 13.6. The third-order valence-electron chi connectivity index (χ3n) is 3.34. The van der Waals surface area contributed by atoms with E-state index in [1.807, 2.05) is 42.3 Å². The molecule has 4 heteroatoms. The average Bonchev–Trinajstić information content (AvgIpc) is 2.45. The lowest BCUT2D eigenvalue weighted by Crippen LogP contribution is -2.24. The molecule has 106 valence electrons. The van der Waals surface area contributed by atoms with Crippen LogP contribution in [-0.2, 0) is 0 Å². The highest BCUT2D eigenvalue weighted by Gasteiger charge is 2.10. The largest absolute Gasteiger partial charge is 0.372 e. The lowest BCUT2D eigenvalue weighted by molar-refractivity contribution is 0.607. The van der Waals surface area contributed by atoms with Crippen LogP contribution in [0, 0.1) is 5.82 Å². The Morgan fingerprint density at radius 3 is 2.45 bits per heavy atom. The van der Waals surface area contributed by atoms with Crippen molar-refractivity contribution in [2.75, 3.05) is 18.5 Å². The number of hydrogen-bond acceptors (Lipinski definition) is 2. The first-order valence-corrected chi connectivity index (χ1v) is 6.92. The quantitative estimate of drug-likeness (QED) is 0.902. The second-order valence-corrected chi connectivity index (χ2v) is 5.26. The SMILES string of the molecule is CN(CCC(N)c1ccc(Cl)cc1)c1ccccc1F. The predicted molar refractivity (Wildman–Crippen MR) is 82.7 cm³/mol. The summed E-state index contributed by atoms with van der Waals surface area (Å²) in [6.45, 7) is 0.685. The number of anilines is 1. The number of nitrogens with two attached hydrogens (primary N) is 1. The summed E-state index contributed by atoms with van der Waals surface area (Å²) in [4.78, 5) is 1.88. The maximum absolute atomic E-state index is 13.6. The lowest BCUT2D eigenvalue weighted by Gasteiger charge is -2.22. The van der Waals surface area contributed by atoms with Crippen molar-refractivity contribution in [1.29, 1.82) is 0 Å². The summed E-state index contributed by atoms with van der Waals surface area (Å²) in [5.74, 6) is -0.213. The van der Waals surface area contributed by atoms with Gasteiger partial charge in [0, 0.05) is 24.7 Å². The van der Waals surface area contributed by atoms with Crippen LogP contribution in [0.3, 0.4) is 0 Å². The standard InChI is InChI=1S/C16H18ClFN2/c1-20(16-5-3-2-4-14(16)18)11-10-15(19)12-6-8-13(17)9-7-12/h2-9,15H,10-11,19H2,1H3. The normalized spacial score (nSPS) is 12.2. The maximum Gasteiger partial charge on any atom is 0.146 e. The molecule has 0 radical (unpaired) electrons. The Balaban J connectivity index is 1.95. The highest BCUT2D eigenvalue weighted by atomic mass is 35.5. The Labute approximate surface area is 124 Å². The van der Waals surface area contributed by atoms with E-state index in [-0.39, 0.29) is 11.9 Å². The van der Waals surface area contributed by atoms with Gasteiger partial charge in [0.05, 0.1) is 5.69 Å². The Hall–Kier alpha value is -1.58. The molecule has 2 aromatic carbocycles. The minimum atomic E-state index is -0.213. The molecule has 2 nitrogen and oxygen atoms in total. The molecule has 2 N–H and O–H groups in total. The average molecular weight is 293 g/mol. The molecule has 0 aliphatic carbocycles. The molecule has 2 aromatic rings. The van der Waals surface area contributed by atoms with E-state index in [0.29, 0.717) is 17.3 Å². The number of rotatable bonds is 5. The number of nitrogens with zero attached hydrogens (tertiary/aromatic N) is 1. The van der Waals surface area contributed by atoms with Gasteiger partial charge in [-0.3, -0.25) is 0 Å². The number of halogens is 2. The molecule has 0 aliphatic heterocycles. The molecule has 0 aromatic heterocycles. The van der Waals surface area contributed by atoms with Crippen LogP contribution < -0.4 is 10.6 Å². The van der Waals surface area contributed by atoms with Crippen LogP contribution in [-0.4, -0.2) is 13.6 Å². The molecule has 0 amide bonds. The topological polar surface area (TPSA) is 29.3 Å². The smallest absolute Gasteiger partial charge is 0.146 e. The first-order chi connectivity index (χ1) is 9.58. The zero-order valence-corrected chi connectivity index (χ0v) is 12.1. The van der Waals surface area contributed by atoms with E-state index in [1.54, 1.807) is 12.1 Å². The summed E-state index contributed by atoms with van der Waals surface area (Å²) in [5, 5.41) is 0.699. The van der Waals surface area contributed by atoms with E-state index in [9.17, 15) is 4.39 Å². The molecule has 0 fully saturated rings. The van der Waals surface area contributed by atoms with Gasteiger partial charge in [0.1, 0.15) is 5.82 Å². The fourth-order valence-electron chi connectivity index (χ4n) is 2.09. The zero-order valence-electron chi connectivity index (χ0n) is 11.4. The second-order valence-electron chi connectivity index (χ2n) is 4.82. The van der Waals surface area contributed by atoms with Gasteiger partial charge in [0.2, 0.25) is 0 Å². The molecular weight excluding hydrogens is 275 g/mol. The van der Waals surface area contributed by atoms with Crippen LogP contribution in [0.2, 0.25) is 5.02 Å². The van der Waals surface area contributed by atoms with Gasteiger partial charge in [-0.15, -0.1) is 0 Å². The first kappa shape index (κ1) is 14.8. The van der Waals surface area contributed by atoms with Crippen LogP contribution >= 0.6 is 11.6 Å². The fourth-order valence-corrected chi connectivity index (χ4v) is 2.22. The first-order valence-electron chi connectivity index (χ1n) is 6.54. The minimum Gasteiger partial charge on any atom is -0.372 e. The van der Waals surface area contributed by atoms with E-state index < -0.39 is 0 Å². The Kier molecular flexibility index (Phi) is 4.99. The van der Waals surface area contributed by atoms with Gasteiger partial charge in [0.15, 0.2) is 0 Å². The number of benzene rings is 2. The Morgan fingerprint density at radius 1 is 1.15 bits per heavy atom. The summed E-state index contributed by atoms with van der Waals surface area (Å²) in [7, 11) is 1.87. The second kappa shape index (κ2) is 6.73. The molecule has 0 saturated carbocycles. The lowest BCUT2D eigenvalue weighted by atomic mass is 10.0. The molecule has 1 atom stereocenters. The Bertz CT molecular complexity index is 557. The molecule has 20 heavy (non-hydrogen) atoms. The van der Waals surface area contributed by atoms with Crippen LogP contribution in [0.15, 0.2) is 48.5 Å². The zero-order chi connectivity index (χ0) is 14.5. The third kappa shape index (κ3) is 3.71. The van der Waals surface area contributed by atoms with E-state index in [2.05, 4.69) is 0 Å². The minimum absolute atomic E-state index is 0.0820. The van der Waals surface area contributed by atoms with Gasteiger partial charge < -0.3 is 10.6 Å². The molecule has 0 bridgehead atoms. The summed E-state index contributed by atoms with van der Waals surface area (Å²) in [6, 6.07) is 14.2. The van der Waals surface area contributed by atoms with Crippen molar-refractivity contribution in [3.8, 4) is 0 Å². The predicted octanol–water partition coefficient (Wildman–Crippen LogP) is 4.01. The van der Waals surface area contributed by atoms with Crippen molar-refractivity contribution >= 4 is 17.3 Å². The fraction of sp³-hybridized carbons (Fsp3) is 0.250. The molecule has 2 rings (SSSR count). The summed E-state index contributed by atoms with van der Waals surface area (Å²) >= 11 is 5.85. The van der Waals surface area contributed by atoms with E-state index in [4.69, 9.17) is 17.3 Å².